The first-order valence-electron chi connectivity index (χ1n) is 14.7. The second-order valence-corrected chi connectivity index (χ2v) is 10.9. The van der Waals surface area contributed by atoms with E-state index >= 15 is 4.39 Å². The predicted molar refractivity (Wildman–Crippen MR) is 173 cm³/mol. The number of carbonyl (C=O) groups is 2. The molecule has 0 saturated heterocycles. The molecule has 0 saturated carbocycles. The van der Waals surface area contributed by atoms with Crippen molar-refractivity contribution in [3.63, 3.8) is 0 Å². The maximum absolute atomic E-state index is 15.3. The molecular formula is C34H31ClF2N6O4. The molecule has 13 heteroatoms. The SMILES string of the molecule is CCCn1cnnc1CNc1cc(C(=O)OC)ccc1NC(=O)Cc1ccc(-c2cccc(OCc3ccc(Cl)cc3F)n2)c(F)c1. The van der Waals surface area contributed by atoms with Crippen LogP contribution in [0.25, 0.3) is 11.3 Å². The first-order chi connectivity index (χ1) is 22.7. The molecule has 0 aliphatic rings. The third kappa shape index (κ3) is 8.47. The number of nitrogens with zero attached hydrogens (tertiary/aromatic N) is 4. The van der Waals surface area contributed by atoms with Gasteiger partial charge in [0.15, 0.2) is 5.82 Å². The number of pyridine rings is 1. The number of aryl methyl sites for hydroxylation is 1. The normalized spacial score (nSPS) is 10.8. The van der Waals surface area contributed by atoms with E-state index in [0.717, 1.165) is 13.0 Å². The van der Waals surface area contributed by atoms with Gasteiger partial charge in [-0.1, -0.05) is 36.7 Å². The van der Waals surface area contributed by atoms with E-state index in [1.54, 1.807) is 48.8 Å². The van der Waals surface area contributed by atoms with E-state index < -0.39 is 23.5 Å². The van der Waals surface area contributed by atoms with E-state index in [0.29, 0.717) is 46.1 Å². The molecule has 242 valence electrons. The van der Waals surface area contributed by atoms with Gasteiger partial charge in [-0.05, 0) is 60.5 Å². The Hall–Kier alpha value is -5.36. The average molecular weight is 661 g/mol. The quantitative estimate of drug-likeness (QED) is 0.132. The van der Waals surface area contributed by atoms with Gasteiger partial charge in [0.25, 0.3) is 0 Å². The van der Waals surface area contributed by atoms with Crippen molar-refractivity contribution in [3.05, 3.63) is 118 Å². The van der Waals surface area contributed by atoms with Crippen LogP contribution >= 0.6 is 11.6 Å². The standard InChI is InChI=1S/C34H31ClF2N6O4/c1-3-13-43-20-39-42-31(43)18-38-30-16-22(34(45)46-2)9-12-29(30)40-32(44)15-21-7-11-25(27(37)14-21)28-5-4-6-33(41-28)47-19-23-8-10-24(35)17-26(23)36/h4-12,14,16-17,20,38H,3,13,15,18-19H2,1-2H3,(H,40,44). The molecule has 5 rings (SSSR count). The molecule has 2 aromatic heterocycles. The minimum absolute atomic E-state index is 0.0842. The number of ether oxygens (including phenoxy) is 2. The topological polar surface area (TPSA) is 120 Å². The number of nitrogens with one attached hydrogen (secondary N) is 2. The van der Waals surface area contributed by atoms with Gasteiger partial charge in [0.05, 0.1) is 42.7 Å². The van der Waals surface area contributed by atoms with Crippen LogP contribution in [-0.4, -0.2) is 38.7 Å². The highest BCUT2D eigenvalue weighted by Crippen LogP contribution is 2.27. The zero-order chi connectivity index (χ0) is 33.3. The average Bonchev–Trinajstić information content (AvgIpc) is 3.50. The Morgan fingerprint density at radius 1 is 0.979 bits per heavy atom. The van der Waals surface area contributed by atoms with Gasteiger partial charge in [-0.15, -0.1) is 10.2 Å². The van der Waals surface area contributed by atoms with Crippen molar-refractivity contribution in [2.75, 3.05) is 17.7 Å². The van der Waals surface area contributed by atoms with Crippen LogP contribution in [0.2, 0.25) is 5.02 Å². The third-order valence-electron chi connectivity index (χ3n) is 7.10. The molecule has 2 N–H and O–H groups in total. The highest BCUT2D eigenvalue weighted by Gasteiger charge is 2.16. The summed E-state index contributed by atoms with van der Waals surface area (Å²) in [6.45, 7) is 2.99. The number of amides is 1. The third-order valence-corrected chi connectivity index (χ3v) is 7.34. The summed E-state index contributed by atoms with van der Waals surface area (Å²) in [4.78, 5) is 29.6. The van der Waals surface area contributed by atoms with E-state index in [1.807, 2.05) is 11.5 Å². The highest BCUT2D eigenvalue weighted by molar-refractivity contribution is 6.30. The van der Waals surface area contributed by atoms with Crippen molar-refractivity contribution in [1.29, 1.82) is 0 Å². The minimum atomic E-state index is -0.579. The van der Waals surface area contributed by atoms with Crippen molar-refractivity contribution >= 4 is 34.9 Å². The molecule has 0 spiro atoms. The summed E-state index contributed by atoms with van der Waals surface area (Å²) in [6.07, 6.45) is 2.42. The van der Waals surface area contributed by atoms with Crippen molar-refractivity contribution in [2.45, 2.75) is 39.5 Å². The van der Waals surface area contributed by atoms with E-state index in [4.69, 9.17) is 21.1 Å². The molecule has 2 heterocycles. The molecule has 3 aromatic carbocycles. The fourth-order valence-corrected chi connectivity index (χ4v) is 4.91. The molecule has 0 bridgehead atoms. The number of anilines is 2. The summed E-state index contributed by atoms with van der Waals surface area (Å²) in [5.74, 6) is -1.14. The van der Waals surface area contributed by atoms with Gasteiger partial charge in [-0.25, -0.2) is 18.6 Å². The molecule has 5 aromatic rings. The second kappa shape index (κ2) is 15.3. The zero-order valence-electron chi connectivity index (χ0n) is 25.6. The van der Waals surface area contributed by atoms with Gasteiger partial charge in [0.1, 0.15) is 24.6 Å². The Balaban J connectivity index is 1.26. The first-order valence-corrected chi connectivity index (χ1v) is 15.1. The fourth-order valence-electron chi connectivity index (χ4n) is 4.75. The van der Waals surface area contributed by atoms with Crippen LogP contribution < -0.4 is 15.4 Å². The molecule has 0 radical (unpaired) electrons. The van der Waals surface area contributed by atoms with Crippen molar-refractivity contribution in [3.8, 4) is 17.1 Å². The summed E-state index contributed by atoms with van der Waals surface area (Å²) in [7, 11) is 1.29. The van der Waals surface area contributed by atoms with Crippen LogP contribution in [0.3, 0.4) is 0 Å². The molecule has 1 amide bonds. The van der Waals surface area contributed by atoms with Crippen LogP contribution in [0.4, 0.5) is 20.2 Å². The van der Waals surface area contributed by atoms with E-state index in [1.165, 1.54) is 37.4 Å². The van der Waals surface area contributed by atoms with Crippen LogP contribution in [0, 0.1) is 11.6 Å². The summed E-state index contributed by atoms with van der Waals surface area (Å²) in [5, 5.41) is 14.4. The van der Waals surface area contributed by atoms with Crippen molar-refractivity contribution in [2.24, 2.45) is 0 Å². The largest absolute Gasteiger partial charge is 0.473 e. The van der Waals surface area contributed by atoms with Gasteiger partial charge < -0.3 is 24.7 Å². The molecule has 47 heavy (non-hydrogen) atoms. The Bertz CT molecular complexity index is 1900. The van der Waals surface area contributed by atoms with Crippen LogP contribution in [0.1, 0.15) is 40.7 Å². The molecule has 0 unspecified atom stereocenters. The maximum atomic E-state index is 15.3. The number of esters is 1. The zero-order valence-corrected chi connectivity index (χ0v) is 26.4. The molecule has 10 nitrogen and oxygen atoms in total. The minimum Gasteiger partial charge on any atom is -0.473 e. The Kier molecular flexibility index (Phi) is 10.7. The van der Waals surface area contributed by atoms with Crippen molar-refractivity contribution in [1.82, 2.24) is 19.7 Å². The van der Waals surface area contributed by atoms with Crippen LogP contribution in [0.15, 0.2) is 79.1 Å². The Morgan fingerprint density at radius 2 is 1.83 bits per heavy atom. The summed E-state index contributed by atoms with van der Waals surface area (Å²) < 4.78 is 41.8. The number of carbonyl (C=O) groups excluding carboxylic acids is 2. The molecular weight excluding hydrogens is 630 g/mol. The summed E-state index contributed by atoms with van der Waals surface area (Å²) in [5.41, 5.74) is 2.43. The summed E-state index contributed by atoms with van der Waals surface area (Å²) >= 11 is 5.81. The number of hydrogen-bond donors (Lipinski definition) is 2. The first kappa shape index (κ1) is 33.0. The van der Waals surface area contributed by atoms with Gasteiger partial charge in [0, 0.05) is 28.8 Å². The lowest BCUT2D eigenvalue weighted by Crippen LogP contribution is -2.17. The van der Waals surface area contributed by atoms with Gasteiger partial charge in [-0.3, -0.25) is 4.79 Å². The number of aromatic nitrogens is 4. The lowest BCUT2D eigenvalue weighted by atomic mass is 10.0. The van der Waals surface area contributed by atoms with E-state index in [9.17, 15) is 14.0 Å². The van der Waals surface area contributed by atoms with Gasteiger partial charge >= 0.3 is 5.97 Å². The molecule has 0 aliphatic heterocycles. The van der Waals surface area contributed by atoms with Crippen LogP contribution in [-0.2, 0) is 35.6 Å². The monoisotopic (exact) mass is 660 g/mol. The number of methoxy groups -OCH3 is 1. The second-order valence-electron chi connectivity index (χ2n) is 10.5. The van der Waals surface area contributed by atoms with E-state index in [2.05, 4.69) is 25.8 Å². The van der Waals surface area contributed by atoms with E-state index in [-0.39, 0.29) is 29.5 Å². The van der Waals surface area contributed by atoms with Crippen molar-refractivity contribution < 1.29 is 27.8 Å². The predicted octanol–water partition coefficient (Wildman–Crippen LogP) is 6.84. The smallest absolute Gasteiger partial charge is 0.337 e. The number of hydrogen-bond acceptors (Lipinski definition) is 8. The fraction of sp³-hybridized carbons (Fsp3) is 0.206. The highest BCUT2D eigenvalue weighted by atomic mass is 35.5. The number of halogens is 3. The summed E-state index contributed by atoms with van der Waals surface area (Å²) in [6, 6.07) is 18.3. The maximum Gasteiger partial charge on any atom is 0.337 e. The Morgan fingerprint density at radius 3 is 2.60 bits per heavy atom. The number of benzene rings is 3. The Labute approximate surface area is 274 Å². The lowest BCUT2D eigenvalue weighted by molar-refractivity contribution is -0.115. The molecule has 0 aliphatic carbocycles. The molecule has 0 fully saturated rings. The number of rotatable bonds is 13. The lowest BCUT2D eigenvalue weighted by Gasteiger charge is -2.15. The van der Waals surface area contributed by atoms with Crippen LogP contribution in [0.5, 0.6) is 5.88 Å². The molecule has 0 atom stereocenters. The van der Waals surface area contributed by atoms with Gasteiger partial charge in [0.2, 0.25) is 11.8 Å². The van der Waals surface area contributed by atoms with Gasteiger partial charge in [-0.2, -0.15) is 0 Å².